The van der Waals surface area contributed by atoms with Gasteiger partial charge in [-0.15, -0.1) is 12.4 Å². The molecule has 1 saturated heterocycles. The minimum absolute atomic E-state index is 0. The monoisotopic (exact) mass is 296 g/mol. The number of halogens is 4. The topological polar surface area (TPSA) is 34.1 Å². The van der Waals surface area contributed by atoms with Crippen LogP contribution in [0.2, 0.25) is 0 Å². The Labute approximate surface area is 116 Å². The van der Waals surface area contributed by atoms with Gasteiger partial charge >= 0.3 is 6.18 Å². The highest BCUT2D eigenvalue weighted by Crippen LogP contribution is 2.30. The Bertz CT molecular complexity index is 395. The van der Waals surface area contributed by atoms with E-state index < -0.39 is 11.7 Å². The molecule has 0 aromatic carbocycles. The molecule has 2 heterocycles. The molecule has 108 valence electrons. The first-order valence-electron chi connectivity index (χ1n) is 5.91. The fourth-order valence-corrected chi connectivity index (χ4v) is 1.92. The van der Waals surface area contributed by atoms with Crippen molar-refractivity contribution in [2.24, 2.45) is 5.92 Å². The van der Waals surface area contributed by atoms with Crippen LogP contribution < -0.4 is 10.1 Å². The first kappa shape index (κ1) is 16.0. The van der Waals surface area contributed by atoms with E-state index in [9.17, 15) is 13.2 Å². The van der Waals surface area contributed by atoms with Crippen molar-refractivity contribution in [3.8, 4) is 5.75 Å². The van der Waals surface area contributed by atoms with E-state index in [1.807, 2.05) is 0 Å². The van der Waals surface area contributed by atoms with E-state index in [0.717, 1.165) is 38.2 Å². The fraction of sp³-hybridized carbons (Fsp3) is 0.583. The molecule has 0 amide bonds. The first-order chi connectivity index (χ1) is 8.55. The van der Waals surface area contributed by atoms with Crippen molar-refractivity contribution in [1.29, 1.82) is 0 Å². The van der Waals surface area contributed by atoms with Gasteiger partial charge in [-0.3, -0.25) is 4.98 Å². The number of hydrogen-bond donors (Lipinski definition) is 1. The summed E-state index contributed by atoms with van der Waals surface area (Å²) < 4.78 is 42.8. The number of nitrogens with zero attached hydrogens (tertiary/aromatic N) is 1. The Morgan fingerprint density at radius 1 is 1.26 bits per heavy atom. The number of hydrogen-bond acceptors (Lipinski definition) is 3. The van der Waals surface area contributed by atoms with Crippen LogP contribution in [-0.4, -0.2) is 24.7 Å². The molecule has 1 aromatic rings. The molecule has 3 nitrogen and oxygen atoms in total. The second kappa shape index (κ2) is 6.96. The molecule has 0 spiro atoms. The third-order valence-corrected chi connectivity index (χ3v) is 2.98. The summed E-state index contributed by atoms with van der Waals surface area (Å²) in [6.07, 6.45) is -0.270. The third-order valence-electron chi connectivity index (χ3n) is 2.98. The number of ether oxygens (including phenoxy) is 1. The van der Waals surface area contributed by atoms with Crippen LogP contribution in [0.15, 0.2) is 18.5 Å². The Morgan fingerprint density at radius 2 is 1.95 bits per heavy atom. The number of pyridine rings is 1. The van der Waals surface area contributed by atoms with Gasteiger partial charge in [-0.25, -0.2) is 0 Å². The van der Waals surface area contributed by atoms with E-state index in [0.29, 0.717) is 12.5 Å². The van der Waals surface area contributed by atoms with Crippen molar-refractivity contribution in [3.05, 3.63) is 24.0 Å². The minimum Gasteiger partial charge on any atom is -0.492 e. The first-order valence-corrected chi connectivity index (χ1v) is 5.91. The standard InChI is InChI=1S/C12H15F3N2O.ClH/c13-12(14,15)10-5-11(7-17-6-10)18-8-9-1-3-16-4-2-9;/h5-7,9,16H,1-4,8H2;1H. The van der Waals surface area contributed by atoms with Crippen LogP contribution >= 0.6 is 12.4 Å². The average molecular weight is 297 g/mol. The zero-order valence-corrected chi connectivity index (χ0v) is 11.1. The Balaban J connectivity index is 0.00000180. The maximum Gasteiger partial charge on any atom is 0.418 e. The summed E-state index contributed by atoms with van der Waals surface area (Å²) in [6.45, 7) is 2.33. The Hall–Kier alpha value is -1.01. The zero-order chi connectivity index (χ0) is 13.0. The van der Waals surface area contributed by atoms with Crippen LogP contribution in [0.4, 0.5) is 13.2 Å². The van der Waals surface area contributed by atoms with Crippen LogP contribution in [0, 0.1) is 5.92 Å². The highest BCUT2D eigenvalue weighted by Gasteiger charge is 2.31. The van der Waals surface area contributed by atoms with E-state index in [1.54, 1.807) is 0 Å². The Morgan fingerprint density at radius 3 is 2.58 bits per heavy atom. The van der Waals surface area contributed by atoms with Crippen LogP contribution in [-0.2, 0) is 6.18 Å². The van der Waals surface area contributed by atoms with E-state index in [4.69, 9.17) is 4.74 Å². The summed E-state index contributed by atoms with van der Waals surface area (Å²) in [5.41, 5.74) is -0.773. The lowest BCUT2D eigenvalue weighted by Gasteiger charge is -2.22. The van der Waals surface area contributed by atoms with Crippen molar-refractivity contribution in [1.82, 2.24) is 10.3 Å². The molecular formula is C12H16ClF3N2O. The summed E-state index contributed by atoms with van der Waals surface area (Å²) >= 11 is 0. The van der Waals surface area contributed by atoms with Crippen molar-refractivity contribution in [3.63, 3.8) is 0 Å². The molecule has 19 heavy (non-hydrogen) atoms. The largest absolute Gasteiger partial charge is 0.492 e. The van der Waals surface area contributed by atoms with Crippen molar-refractivity contribution < 1.29 is 17.9 Å². The molecule has 0 saturated carbocycles. The smallest absolute Gasteiger partial charge is 0.418 e. The van der Waals surface area contributed by atoms with Gasteiger partial charge in [0.25, 0.3) is 0 Å². The van der Waals surface area contributed by atoms with Crippen LogP contribution in [0.25, 0.3) is 0 Å². The lowest BCUT2D eigenvalue weighted by atomic mass is 9.99. The molecule has 1 fully saturated rings. The highest BCUT2D eigenvalue weighted by atomic mass is 35.5. The van der Waals surface area contributed by atoms with Gasteiger partial charge in [0.2, 0.25) is 0 Å². The van der Waals surface area contributed by atoms with Gasteiger partial charge in [0.1, 0.15) is 5.75 Å². The number of alkyl halides is 3. The van der Waals surface area contributed by atoms with Gasteiger partial charge in [0.15, 0.2) is 0 Å². The minimum atomic E-state index is -4.37. The molecule has 1 aliphatic rings. The van der Waals surface area contributed by atoms with Gasteiger partial charge in [0, 0.05) is 6.20 Å². The molecule has 2 rings (SSSR count). The van der Waals surface area contributed by atoms with Crippen molar-refractivity contribution in [2.45, 2.75) is 19.0 Å². The van der Waals surface area contributed by atoms with Crippen LogP contribution in [0.5, 0.6) is 5.75 Å². The molecule has 0 radical (unpaired) electrons. The molecule has 0 aliphatic carbocycles. The fourth-order valence-electron chi connectivity index (χ4n) is 1.92. The molecular weight excluding hydrogens is 281 g/mol. The summed E-state index contributed by atoms with van der Waals surface area (Å²) in [4.78, 5) is 3.56. The summed E-state index contributed by atoms with van der Waals surface area (Å²) in [7, 11) is 0. The molecule has 7 heteroatoms. The van der Waals surface area contributed by atoms with Gasteiger partial charge in [-0.05, 0) is 37.9 Å². The van der Waals surface area contributed by atoms with Crippen molar-refractivity contribution >= 4 is 12.4 Å². The highest BCUT2D eigenvalue weighted by molar-refractivity contribution is 5.85. The average Bonchev–Trinajstić information content (AvgIpc) is 2.37. The summed E-state index contributed by atoms with van der Waals surface area (Å²) in [5.74, 6) is 0.587. The van der Waals surface area contributed by atoms with Crippen LogP contribution in [0.1, 0.15) is 18.4 Å². The van der Waals surface area contributed by atoms with Crippen LogP contribution in [0.3, 0.4) is 0 Å². The van der Waals surface area contributed by atoms with Gasteiger partial charge in [-0.1, -0.05) is 0 Å². The SMILES string of the molecule is Cl.FC(F)(F)c1cncc(OCC2CCNCC2)c1. The zero-order valence-electron chi connectivity index (χ0n) is 10.2. The molecule has 1 N–H and O–H groups in total. The van der Waals surface area contributed by atoms with E-state index in [1.165, 1.54) is 6.20 Å². The number of aromatic nitrogens is 1. The molecule has 1 aliphatic heterocycles. The number of rotatable bonds is 3. The second-order valence-electron chi connectivity index (χ2n) is 4.41. The van der Waals surface area contributed by atoms with Gasteiger partial charge < -0.3 is 10.1 Å². The maximum absolute atomic E-state index is 12.5. The van der Waals surface area contributed by atoms with Gasteiger partial charge in [-0.2, -0.15) is 13.2 Å². The maximum atomic E-state index is 12.5. The molecule has 1 aromatic heterocycles. The molecule has 0 bridgehead atoms. The summed E-state index contributed by atoms with van der Waals surface area (Å²) in [6, 6.07) is 0.994. The normalized spacial score (nSPS) is 16.8. The molecule has 0 unspecified atom stereocenters. The van der Waals surface area contributed by atoms with Crippen molar-refractivity contribution in [2.75, 3.05) is 19.7 Å². The number of nitrogens with one attached hydrogen (secondary N) is 1. The van der Waals surface area contributed by atoms with E-state index in [2.05, 4.69) is 10.3 Å². The predicted octanol–water partition coefficient (Wildman–Crippen LogP) is 2.90. The number of piperidine rings is 1. The lowest BCUT2D eigenvalue weighted by molar-refractivity contribution is -0.138. The Kier molecular flexibility index (Phi) is 5.87. The van der Waals surface area contributed by atoms with E-state index in [-0.39, 0.29) is 18.2 Å². The third kappa shape index (κ3) is 4.87. The predicted molar refractivity (Wildman–Crippen MR) is 67.6 cm³/mol. The lowest BCUT2D eigenvalue weighted by Crippen LogP contribution is -2.30. The summed E-state index contributed by atoms with van der Waals surface area (Å²) in [5, 5.41) is 3.23. The second-order valence-corrected chi connectivity index (χ2v) is 4.41. The quantitative estimate of drug-likeness (QED) is 0.931. The van der Waals surface area contributed by atoms with Gasteiger partial charge in [0.05, 0.1) is 18.4 Å². The molecule has 0 atom stereocenters. The van der Waals surface area contributed by atoms with E-state index >= 15 is 0 Å².